The average molecular weight is 323 g/mol. The Balaban J connectivity index is 1.80. The molecule has 0 atom stereocenters. The van der Waals surface area contributed by atoms with Gasteiger partial charge in [-0.05, 0) is 61.4 Å². The number of nitriles is 1. The molecule has 2 N–H and O–H groups in total. The number of amides is 2. The minimum Gasteiger partial charge on any atom is -0.484 e. The normalized spacial score (nSPS) is 9.71. The van der Waals surface area contributed by atoms with Crippen molar-refractivity contribution in [1.29, 1.82) is 5.26 Å². The number of ether oxygens (including phenoxy) is 1. The number of hydrogen-bond acceptors (Lipinski definition) is 4. The van der Waals surface area contributed by atoms with Gasteiger partial charge in [-0.15, -0.1) is 0 Å². The van der Waals surface area contributed by atoms with E-state index in [4.69, 9.17) is 10.00 Å². The summed E-state index contributed by atoms with van der Waals surface area (Å²) in [6.45, 7) is 3.74. The quantitative estimate of drug-likeness (QED) is 0.842. The van der Waals surface area contributed by atoms with Gasteiger partial charge in [-0.2, -0.15) is 5.26 Å². The number of carbonyl (C=O) groups is 2. The molecule has 0 aliphatic rings. The van der Waals surface area contributed by atoms with Crippen molar-refractivity contribution >= 4 is 11.8 Å². The monoisotopic (exact) mass is 323 g/mol. The minimum atomic E-state index is -0.477. The maximum absolute atomic E-state index is 11.9. The lowest BCUT2D eigenvalue weighted by molar-refractivity contribution is -0.123. The van der Waals surface area contributed by atoms with Crippen LogP contribution in [0, 0.1) is 25.2 Å². The fourth-order valence-electron chi connectivity index (χ4n) is 1.88. The summed E-state index contributed by atoms with van der Waals surface area (Å²) in [6.07, 6.45) is 0. The lowest BCUT2D eigenvalue weighted by Crippen LogP contribution is -2.43. The van der Waals surface area contributed by atoms with Gasteiger partial charge in [-0.1, -0.05) is 6.07 Å². The molecule has 0 bridgehead atoms. The van der Waals surface area contributed by atoms with E-state index < -0.39 is 11.8 Å². The van der Waals surface area contributed by atoms with Crippen molar-refractivity contribution in [2.45, 2.75) is 13.8 Å². The molecule has 24 heavy (non-hydrogen) atoms. The molecule has 0 aromatic heterocycles. The van der Waals surface area contributed by atoms with Crippen LogP contribution in [0.3, 0.4) is 0 Å². The van der Waals surface area contributed by atoms with Crippen LogP contribution in [0.2, 0.25) is 0 Å². The van der Waals surface area contributed by atoms with Crippen LogP contribution in [-0.4, -0.2) is 18.4 Å². The van der Waals surface area contributed by atoms with Gasteiger partial charge in [0, 0.05) is 5.56 Å². The van der Waals surface area contributed by atoms with E-state index in [0.717, 1.165) is 11.1 Å². The van der Waals surface area contributed by atoms with Gasteiger partial charge in [0.25, 0.3) is 11.8 Å². The first-order chi connectivity index (χ1) is 11.5. The third kappa shape index (κ3) is 4.58. The van der Waals surface area contributed by atoms with E-state index in [1.807, 2.05) is 32.0 Å². The second kappa shape index (κ2) is 7.79. The van der Waals surface area contributed by atoms with Gasteiger partial charge >= 0.3 is 0 Å². The number of rotatable bonds is 4. The Morgan fingerprint density at radius 2 is 1.75 bits per heavy atom. The van der Waals surface area contributed by atoms with Crippen molar-refractivity contribution in [2.75, 3.05) is 6.61 Å². The Morgan fingerprint density at radius 3 is 2.38 bits per heavy atom. The zero-order valence-corrected chi connectivity index (χ0v) is 13.4. The summed E-state index contributed by atoms with van der Waals surface area (Å²) in [5.41, 5.74) is 7.57. The predicted molar refractivity (Wildman–Crippen MR) is 88.2 cm³/mol. The highest BCUT2D eigenvalue weighted by molar-refractivity contribution is 5.95. The van der Waals surface area contributed by atoms with Gasteiger partial charge in [0.15, 0.2) is 6.61 Å². The standard InChI is InChI=1S/C18H17N3O3/c1-12-3-8-16(9-13(12)2)24-11-17(22)20-21-18(23)15-6-4-14(10-19)5-7-15/h3-9H,11H2,1-2H3,(H,20,22)(H,21,23). The molecule has 2 rings (SSSR count). The van der Waals surface area contributed by atoms with Gasteiger partial charge in [0.1, 0.15) is 5.75 Å². The minimum absolute atomic E-state index is 0.212. The molecule has 6 heteroatoms. The Morgan fingerprint density at radius 1 is 1.04 bits per heavy atom. The SMILES string of the molecule is Cc1ccc(OCC(=O)NNC(=O)c2ccc(C#N)cc2)cc1C. The van der Waals surface area contributed by atoms with Crippen molar-refractivity contribution < 1.29 is 14.3 Å². The summed E-state index contributed by atoms with van der Waals surface area (Å²) in [4.78, 5) is 23.6. The number of carbonyl (C=O) groups excluding carboxylic acids is 2. The molecule has 2 aromatic carbocycles. The summed E-state index contributed by atoms with van der Waals surface area (Å²) in [7, 11) is 0. The van der Waals surface area contributed by atoms with Crippen LogP contribution in [0.1, 0.15) is 27.0 Å². The van der Waals surface area contributed by atoms with E-state index in [2.05, 4.69) is 10.9 Å². The summed E-state index contributed by atoms with van der Waals surface area (Å²) in [5.74, 6) is -0.360. The molecule has 0 saturated carbocycles. The molecule has 0 fully saturated rings. The summed E-state index contributed by atoms with van der Waals surface area (Å²) >= 11 is 0. The van der Waals surface area contributed by atoms with Gasteiger partial charge in [-0.3, -0.25) is 20.4 Å². The number of aryl methyl sites for hydroxylation is 2. The Bertz CT molecular complexity index is 792. The predicted octanol–water partition coefficient (Wildman–Crippen LogP) is 2.02. The smallest absolute Gasteiger partial charge is 0.276 e. The number of hydrazine groups is 1. The topological polar surface area (TPSA) is 91.2 Å². The molecule has 0 heterocycles. The Labute approximate surface area is 140 Å². The van der Waals surface area contributed by atoms with Crippen molar-refractivity contribution in [2.24, 2.45) is 0 Å². The highest BCUT2D eigenvalue weighted by Crippen LogP contribution is 2.16. The summed E-state index contributed by atoms with van der Waals surface area (Å²) in [5, 5.41) is 8.71. The number of nitrogens with one attached hydrogen (secondary N) is 2. The maximum atomic E-state index is 11.9. The van der Waals surface area contributed by atoms with Crippen molar-refractivity contribution in [3.63, 3.8) is 0 Å². The van der Waals surface area contributed by atoms with Crippen molar-refractivity contribution in [3.05, 3.63) is 64.7 Å². The van der Waals surface area contributed by atoms with Crippen molar-refractivity contribution in [3.8, 4) is 11.8 Å². The number of nitrogens with zero attached hydrogens (tertiary/aromatic N) is 1. The molecular weight excluding hydrogens is 306 g/mol. The summed E-state index contributed by atoms with van der Waals surface area (Å²) in [6, 6.07) is 13.6. The number of hydrogen-bond donors (Lipinski definition) is 2. The van der Waals surface area contributed by atoms with Crippen LogP contribution in [0.25, 0.3) is 0 Å². The molecule has 122 valence electrons. The zero-order chi connectivity index (χ0) is 17.5. The van der Waals surface area contributed by atoms with Gasteiger partial charge in [-0.25, -0.2) is 0 Å². The van der Waals surface area contributed by atoms with E-state index in [1.165, 1.54) is 24.3 Å². The van der Waals surface area contributed by atoms with Crippen LogP contribution in [0.15, 0.2) is 42.5 Å². The van der Waals surface area contributed by atoms with Gasteiger partial charge < -0.3 is 4.74 Å². The third-order valence-corrected chi connectivity index (χ3v) is 3.44. The van der Waals surface area contributed by atoms with E-state index in [-0.39, 0.29) is 6.61 Å². The first-order valence-corrected chi connectivity index (χ1v) is 7.29. The van der Waals surface area contributed by atoms with Crippen LogP contribution >= 0.6 is 0 Å². The molecule has 2 amide bonds. The molecule has 6 nitrogen and oxygen atoms in total. The molecule has 2 aromatic rings. The largest absolute Gasteiger partial charge is 0.484 e. The van der Waals surface area contributed by atoms with Crippen LogP contribution in [0.5, 0.6) is 5.75 Å². The van der Waals surface area contributed by atoms with Crippen LogP contribution in [-0.2, 0) is 4.79 Å². The van der Waals surface area contributed by atoms with Gasteiger partial charge in [0.05, 0.1) is 11.6 Å². The summed E-state index contributed by atoms with van der Waals surface area (Å²) < 4.78 is 5.37. The molecule has 0 radical (unpaired) electrons. The molecule has 0 aliphatic heterocycles. The Kier molecular flexibility index (Phi) is 5.53. The fraction of sp³-hybridized carbons (Fsp3) is 0.167. The third-order valence-electron chi connectivity index (χ3n) is 3.44. The number of benzene rings is 2. The van der Waals surface area contributed by atoms with Crippen molar-refractivity contribution in [1.82, 2.24) is 10.9 Å². The maximum Gasteiger partial charge on any atom is 0.276 e. The molecular formula is C18H17N3O3. The Hall–Kier alpha value is -3.33. The first kappa shape index (κ1) is 17.0. The van der Waals surface area contributed by atoms with Crippen LogP contribution in [0.4, 0.5) is 0 Å². The van der Waals surface area contributed by atoms with Crippen LogP contribution < -0.4 is 15.6 Å². The zero-order valence-electron chi connectivity index (χ0n) is 13.4. The lowest BCUT2D eigenvalue weighted by Gasteiger charge is -2.10. The second-order valence-corrected chi connectivity index (χ2v) is 5.23. The van der Waals surface area contributed by atoms with E-state index in [0.29, 0.717) is 16.9 Å². The molecule has 0 aliphatic carbocycles. The molecule has 0 saturated heterocycles. The second-order valence-electron chi connectivity index (χ2n) is 5.23. The highest BCUT2D eigenvalue weighted by atomic mass is 16.5. The average Bonchev–Trinajstić information content (AvgIpc) is 2.60. The van der Waals surface area contributed by atoms with E-state index in [1.54, 1.807) is 6.07 Å². The molecule has 0 unspecified atom stereocenters. The highest BCUT2D eigenvalue weighted by Gasteiger charge is 2.08. The van der Waals surface area contributed by atoms with E-state index in [9.17, 15) is 9.59 Å². The molecule has 0 spiro atoms. The van der Waals surface area contributed by atoms with E-state index >= 15 is 0 Å². The van der Waals surface area contributed by atoms with Gasteiger partial charge in [0.2, 0.25) is 0 Å². The fourth-order valence-corrected chi connectivity index (χ4v) is 1.88. The first-order valence-electron chi connectivity index (χ1n) is 7.29. The lowest BCUT2D eigenvalue weighted by atomic mass is 10.1.